The number of aryl methyl sites for hydroxylation is 1. The fraction of sp³-hybridized carbons (Fsp3) is 0.533. The molecule has 104 valence electrons. The van der Waals surface area contributed by atoms with Crippen LogP contribution in [0.4, 0.5) is 0 Å². The van der Waals surface area contributed by atoms with Crippen molar-refractivity contribution in [3.63, 3.8) is 0 Å². The van der Waals surface area contributed by atoms with Gasteiger partial charge in [-0.3, -0.25) is 9.69 Å². The van der Waals surface area contributed by atoms with Gasteiger partial charge in [-0.15, -0.1) is 0 Å². The van der Waals surface area contributed by atoms with Crippen molar-refractivity contribution in [2.24, 2.45) is 5.73 Å². The lowest BCUT2D eigenvalue weighted by Crippen LogP contribution is -2.47. The lowest BCUT2D eigenvalue weighted by molar-refractivity contribution is -0.138. The second-order valence-corrected chi connectivity index (χ2v) is 5.38. The Bertz CT molecular complexity index is 430. The lowest BCUT2D eigenvalue weighted by Gasteiger charge is -2.35. The Hall–Kier alpha value is -1.39. The third kappa shape index (κ3) is 3.78. The predicted molar refractivity (Wildman–Crippen MR) is 75.2 cm³/mol. The molecule has 0 spiro atoms. The van der Waals surface area contributed by atoms with E-state index in [0.29, 0.717) is 12.5 Å². The molecule has 0 aromatic heterocycles. The second-order valence-electron chi connectivity index (χ2n) is 5.38. The van der Waals surface area contributed by atoms with Gasteiger partial charge < -0.3 is 10.8 Å². The van der Waals surface area contributed by atoms with Crippen LogP contribution in [0.15, 0.2) is 24.3 Å². The zero-order chi connectivity index (χ0) is 13.8. The molecule has 0 bridgehead atoms. The summed E-state index contributed by atoms with van der Waals surface area (Å²) in [5.74, 6) is -0.441. The highest BCUT2D eigenvalue weighted by Crippen LogP contribution is 2.26. The average molecular weight is 262 g/mol. The van der Waals surface area contributed by atoms with Gasteiger partial charge in [0.25, 0.3) is 0 Å². The van der Waals surface area contributed by atoms with E-state index in [9.17, 15) is 4.79 Å². The maximum atomic E-state index is 10.8. The van der Waals surface area contributed by atoms with Gasteiger partial charge in [0.2, 0.25) is 0 Å². The molecule has 2 atom stereocenters. The zero-order valence-electron chi connectivity index (χ0n) is 11.4. The van der Waals surface area contributed by atoms with E-state index < -0.39 is 5.97 Å². The van der Waals surface area contributed by atoms with E-state index in [1.807, 2.05) is 4.90 Å². The van der Waals surface area contributed by atoms with Gasteiger partial charge in [-0.05, 0) is 29.9 Å². The monoisotopic (exact) mass is 262 g/mol. The lowest BCUT2D eigenvalue weighted by atomic mass is 9.88. The van der Waals surface area contributed by atoms with Crippen LogP contribution in [0.25, 0.3) is 0 Å². The highest BCUT2D eigenvalue weighted by molar-refractivity contribution is 5.69. The number of carbonyl (C=O) groups is 1. The zero-order valence-corrected chi connectivity index (χ0v) is 11.4. The number of nitrogens with zero attached hydrogens (tertiary/aromatic N) is 1. The number of carboxylic acid groups (broad SMARTS) is 1. The van der Waals surface area contributed by atoms with E-state index in [1.54, 1.807) is 0 Å². The molecule has 0 aliphatic carbocycles. The van der Waals surface area contributed by atoms with Gasteiger partial charge in [0, 0.05) is 19.1 Å². The SMILES string of the molecule is CCc1ccc(C2CC(N)CN(CC(=O)O)C2)cc1. The van der Waals surface area contributed by atoms with Crippen LogP contribution in [0.1, 0.15) is 30.4 Å². The summed E-state index contributed by atoms with van der Waals surface area (Å²) >= 11 is 0. The minimum Gasteiger partial charge on any atom is -0.480 e. The van der Waals surface area contributed by atoms with Gasteiger partial charge in [-0.2, -0.15) is 0 Å². The quantitative estimate of drug-likeness (QED) is 0.862. The summed E-state index contributed by atoms with van der Waals surface area (Å²) in [5, 5.41) is 8.89. The molecule has 2 rings (SSSR count). The molecule has 4 heteroatoms. The maximum Gasteiger partial charge on any atom is 0.317 e. The van der Waals surface area contributed by atoms with Crippen LogP contribution in [0.3, 0.4) is 0 Å². The van der Waals surface area contributed by atoms with Crippen LogP contribution in [0.2, 0.25) is 0 Å². The molecule has 4 nitrogen and oxygen atoms in total. The number of likely N-dealkylation sites (tertiary alicyclic amines) is 1. The number of carboxylic acids is 1. The molecule has 0 amide bonds. The molecule has 0 saturated carbocycles. The number of benzene rings is 1. The maximum absolute atomic E-state index is 10.8. The highest BCUT2D eigenvalue weighted by atomic mass is 16.4. The van der Waals surface area contributed by atoms with Crippen molar-refractivity contribution in [3.05, 3.63) is 35.4 Å². The van der Waals surface area contributed by atoms with Gasteiger partial charge in [-0.25, -0.2) is 0 Å². The first-order chi connectivity index (χ1) is 9.08. The van der Waals surface area contributed by atoms with Gasteiger partial charge in [0.15, 0.2) is 0 Å². The van der Waals surface area contributed by atoms with E-state index in [1.165, 1.54) is 11.1 Å². The Morgan fingerprint density at radius 2 is 2.05 bits per heavy atom. The Morgan fingerprint density at radius 1 is 1.37 bits per heavy atom. The van der Waals surface area contributed by atoms with E-state index in [0.717, 1.165) is 19.4 Å². The first kappa shape index (κ1) is 14.0. The molecule has 1 saturated heterocycles. The fourth-order valence-corrected chi connectivity index (χ4v) is 2.82. The highest BCUT2D eigenvalue weighted by Gasteiger charge is 2.27. The van der Waals surface area contributed by atoms with Crippen molar-refractivity contribution < 1.29 is 9.90 Å². The second kappa shape index (κ2) is 6.17. The summed E-state index contributed by atoms with van der Waals surface area (Å²) in [4.78, 5) is 12.8. The van der Waals surface area contributed by atoms with Crippen molar-refractivity contribution >= 4 is 5.97 Å². The Balaban J connectivity index is 2.07. The minimum absolute atomic E-state index is 0.0592. The molecule has 1 aromatic rings. The summed E-state index contributed by atoms with van der Waals surface area (Å²) in [6.45, 7) is 3.68. The number of hydrogen-bond donors (Lipinski definition) is 2. The summed E-state index contributed by atoms with van der Waals surface area (Å²) < 4.78 is 0. The van der Waals surface area contributed by atoms with Crippen LogP contribution in [-0.2, 0) is 11.2 Å². The number of aliphatic carboxylic acids is 1. The molecular weight excluding hydrogens is 240 g/mol. The minimum atomic E-state index is -0.783. The summed E-state index contributed by atoms with van der Waals surface area (Å²) in [5.41, 5.74) is 8.64. The molecule has 3 N–H and O–H groups in total. The molecule has 1 aromatic carbocycles. The summed E-state index contributed by atoms with van der Waals surface area (Å²) in [6, 6.07) is 8.67. The largest absolute Gasteiger partial charge is 0.480 e. The molecule has 19 heavy (non-hydrogen) atoms. The number of hydrogen-bond acceptors (Lipinski definition) is 3. The number of nitrogens with two attached hydrogens (primary N) is 1. The van der Waals surface area contributed by atoms with Gasteiger partial charge in [0.1, 0.15) is 0 Å². The fourth-order valence-electron chi connectivity index (χ4n) is 2.82. The normalized spacial score (nSPS) is 24.3. The van der Waals surface area contributed by atoms with Crippen LogP contribution in [0, 0.1) is 0 Å². The topological polar surface area (TPSA) is 66.6 Å². The number of rotatable bonds is 4. The van der Waals surface area contributed by atoms with Crippen LogP contribution >= 0.6 is 0 Å². The van der Waals surface area contributed by atoms with Crippen LogP contribution in [0.5, 0.6) is 0 Å². The van der Waals surface area contributed by atoms with Gasteiger partial charge >= 0.3 is 5.97 Å². The molecule has 1 fully saturated rings. The van der Waals surface area contributed by atoms with Crippen molar-refractivity contribution in [1.82, 2.24) is 4.90 Å². The van der Waals surface area contributed by atoms with E-state index in [2.05, 4.69) is 31.2 Å². The van der Waals surface area contributed by atoms with Crippen LogP contribution < -0.4 is 5.73 Å². The molecule has 1 aliphatic heterocycles. The van der Waals surface area contributed by atoms with Crippen molar-refractivity contribution in [1.29, 1.82) is 0 Å². The molecule has 1 aliphatic rings. The molecular formula is C15H22N2O2. The summed E-state index contributed by atoms with van der Waals surface area (Å²) in [7, 11) is 0. The smallest absolute Gasteiger partial charge is 0.317 e. The Labute approximate surface area is 114 Å². The standard InChI is InChI=1S/C15H22N2O2/c1-2-11-3-5-12(6-4-11)13-7-14(16)9-17(8-13)10-15(18)19/h3-6,13-14H,2,7-10,16H2,1H3,(H,18,19). The van der Waals surface area contributed by atoms with E-state index >= 15 is 0 Å². The number of piperidine rings is 1. The van der Waals surface area contributed by atoms with Crippen molar-refractivity contribution in [3.8, 4) is 0 Å². The van der Waals surface area contributed by atoms with Crippen molar-refractivity contribution in [2.75, 3.05) is 19.6 Å². The van der Waals surface area contributed by atoms with Gasteiger partial charge in [-0.1, -0.05) is 31.2 Å². The third-order valence-corrected chi connectivity index (χ3v) is 3.78. The Morgan fingerprint density at radius 3 is 2.63 bits per heavy atom. The van der Waals surface area contributed by atoms with E-state index in [-0.39, 0.29) is 12.6 Å². The van der Waals surface area contributed by atoms with Gasteiger partial charge in [0.05, 0.1) is 6.54 Å². The van der Waals surface area contributed by atoms with Crippen LogP contribution in [-0.4, -0.2) is 41.7 Å². The first-order valence-corrected chi connectivity index (χ1v) is 6.87. The molecule has 0 radical (unpaired) electrons. The predicted octanol–water partition coefficient (Wildman–Crippen LogP) is 1.45. The first-order valence-electron chi connectivity index (χ1n) is 6.87. The average Bonchev–Trinajstić information content (AvgIpc) is 2.37. The third-order valence-electron chi connectivity index (χ3n) is 3.78. The van der Waals surface area contributed by atoms with E-state index in [4.69, 9.17) is 10.8 Å². The molecule has 1 heterocycles. The van der Waals surface area contributed by atoms with Crippen molar-refractivity contribution in [2.45, 2.75) is 31.7 Å². The summed E-state index contributed by atoms with van der Waals surface area (Å²) in [6.07, 6.45) is 1.97. The Kier molecular flexibility index (Phi) is 4.56. The molecule has 2 unspecified atom stereocenters.